The summed E-state index contributed by atoms with van der Waals surface area (Å²) in [5.41, 5.74) is 0.612. The number of H-pyrrole nitrogens is 1. The molecule has 2 aliphatic heterocycles. The maximum Gasteiger partial charge on any atom is 0.220 e. The Morgan fingerprint density at radius 1 is 1.22 bits per heavy atom. The van der Waals surface area contributed by atoms with Crippen molar-refractivity contribution in [3.8, 4) is 11.5 Å². The summed E-state index contributed by atoms with van der Waals surface area (Å²) in [6.45, 7) is 2.84. The Morgan fingerprint density at radius 3 is 3.04 bits per heavy atom. The van der Waals surface area contributed by atoms with E-state index in [2.05, 4.69) is 35.4 Å². The van der Waals surface area contributed by atoms with E-state index in [0.717, 1.165) is 6.42 Å². The standard InChI is InChI=1S/C19H27N7O/c27-18(7-6-14-4-3-11-26-10-2-1-5-16(14)26)22-13-17-23-19(25-24-17)15-12-20-8-9-21-15/h8-9,12,14,16H,1-7,10-11,13H2,(H,22,27)(H,23,24,25)/t14-,16+/m0/s1. The van der Waals surface area contributed by atoms with Crippen LogP contribution in [0.1, 0.15) is 50.8 Å². The maximum absolute atomic E-state index is 12.3. The van der Waals surface area contributed by atoms with Gasteiger partial charge in [0.15, 0.2) is 0 Å². The van der Waals surface area contributed by atoms with Crippen LogP contribution in [0, 0.1) is 5.92 Å². The van der Waals surface area contributed by atoms with E-state index in [1.54, 1.807) is 18.6 Å². The molecule has 8 heteroatoms. The number of rotatable bonds is 6. The molecule has 0 saturated carbocycles. The predicted molar refractivity (Wildman–Crippen MR) is 100 cm³/mol. The van der Waals surface area contributed by atoms with Crippen molar-refractivity contribution in [2.75, 3.05) is 13.1 Å². The van der Waals surface area contributed by atoms with Gasteiger partial charge in [-0.3, -0.25) is 14.9 Å². The number of piperidine rings is 2. The van der Waals surface area contributed by atoms with E-state index < -0.39 is 0 Å². The van der Waals surface area contributed by atoms with E-state index in [-0.39, 0.29) is 5.91 Å². The number of amides is 1. The van der Waals surface area contributed by atoms with Crippen molar-refractivity contribution >= 4 is 5.91 Å². The van der Waals surface area contributed by atoms with Gasteiger partial charge in [-0.15, -0.1) is 0 Å². The summed E-state index contributed by atoms with van der Waals surface area (Å²) in [7, 11) is 0. The highest BCUT2D eigenvalue weighted by Crippen LogP contribution is 2.33. The van der Waals surface area contributed by atoms with Gasteiger partial charge in [-0.25, -0.2) is 9.97 Å². The van der Waals surface area contributed by atoms with Crippen LogP contribution in [0.4, 0.5) is 0 Å². The summed E-state index contributed by atoms with van der Waals surface area (Å²) in [4.78, 5) is 27.5. The third kappa shape index (κ3) is 4.50. The quantitative estimate of drug-likeness (QED) is 0.807. The number of hydrogen-bond donors (Lipinski definition) is 2. The summed E-state index contributed by atoms with van der Waals surface area (Å²) in [5, 5.41) is 9.94. The van der Waals surface area contributed by atoms with Gasteiger partial charge in [-0.1, -0.05) is 6.42 Å². The molecule has 2 saturated heterocycles. The van der Waals surface area contributed by atoms with Crippen LogP contribution in [0.2, 0.25) is 0 Å². The van der Waals surface area contributed by atoms with Crippen molar-refractivity contribution in [3.05, 3.63) is 24.4 Å². The fraction of sp³-hybridized carbons (Fsp3) is 0.632. The number of fused-ring (bicyclic) bond motifs is 1. The third-order valence-electron chi connectivity index (χ3n) is 5.75. The van der Waals surface area contributed by atoms with Crippen LogP contribution in [0.15, 0.2) is 18.6 Å². The van der Waals surface area contributed by atoms with Crippen LogP contribution < -0.4 is 5.32 Å². The van der Waals surface area contributed by atoms with Crippen molar-refractivity contribution in [2.45, 2.75) is 57.5 Å². The molecule has 4 heterocycles. The predicted octanol–water partition coefficient (Wildman–Crippen LogP) is 1.92. The summed E-state index contributed by atoms with van der Waals surface area (Å²) in [5.74, 6) is 1.87. The van der Waals surface area contributed by atoms with E-state index in [4.69, 9.17) is 0 Å². The molecule has 0 unspecified atom stereocenters. The molecule has 27 heavy (non-hydrogen) atoms. The van der Waals surface area contributed by atoms with Crippen molar-refractivity contribution in [3.63, 3.8) is 0 Å². The van der Waals surface area contributed by atoms with E-state index in [0.29, 0.717) is 42.3 Å². The van der Waals surface area contributed by atoms with Gasteiger partial charge in [0, 0.05) is 24.9 Å². The second-order valence-electron chi connectivity index (χ2n) is 7.51. The molecule has 1 amide bonds. The fourth-order valence-corrected chi connectivity index (χ4v) is 4.40. The number of carbonyl (C=O) groups is 1. The molecular weight excluding hydrogens is 342 g/mol. The Morgan fingerprint density at radius 2 is 2.15 bits per heavy atom. The number of hydrogen-bond acceptors (Lipinski definition) is 6. The van der Waals surface area contributed by atoms with Crippen molar-refractivity contribution in [1.29, 1.82) is 0 Å². The first-order valence-electron chi connectivity index (χ1n) is 9.98. The minimum absolute atomic E-state index is 0.0837. The Labute approximate surface area is 159 Å². The van der Waals surface area contributed by atoms with Gasteiger partial charge in [0.1, 0.15) is 11.5 Å². The molecule has 0 spiro atoms. The summed E-state index contributed by atoms with van der Waals surface area (Å²) >= 11 is 0. The third-order valence-corrected chi connectivity index (χ3v) is 5.75. The molecule has 2 N–H and O–H groups in total. The van der Waals surface area contributed by atoms with E-state index in [1.165, 1.54) is 45.2 Å². The molecular formula is C19H27N7O. The van der Waals surface area contributed by atoms with Crippen LogP contribution in [0.25, 0.3) is 11.5 Å². The van der Waals surface area contributed by atoms with Gasteiger partial charge in [0.05, 0.1) is 12.7 Å². The molecule has 0 aliphatic carbocycles. The summed E-state index contributed by atoms with van der Waals surface area (Å²) in [6, 6.07) is 0.698. The second kappa shape index (κ2) is 8.56. The first-order valence-corrected chi connectivity index (χ1v) is 9.98. The lowest BCUT2D eigenvalue weighted by molar-refractivity contribution is -0.121. The molecule has 2 aliphatic rings. The average Bonchev–Trinajstić information content (AvgIpc) is 3.20. The lowest BCUT2D eigenvalue weighted by Gasteiger charge is -2.44. The molecule has 144 valence electrons. The van der Waals surface area contributed by atoms with E-state index >= 15 is 0 Å². The Kier molecular flexibility index (Phi) is 5.72. The molecule has 4 rings (SSSR count). The zero-order chi connectivity index (χ0) is 18.5. The number of nitrogens with zero attached hydrogens (tertiary/aromatic N) is 5. The smallest absolute Gasteiger partial charge is 0.220 e. The van der Waals surface area contributed by atoms with Gasteiger partial charge in [-0.2, -0.15) is 5.10 Å². The van der Waals surface area contributed by atoms with Crippen LogP contribution in [0.5, 0.6) is 0 Å². The molecule has 2 aromatic heterocycles. The lowest BCUT2D eigenvalue weighted by Crippen LogP contribution is -2.48. The van der Waals surface area contributed by atoms with Gasteiger partial charge in [0.25, 0.3) is 0 Å². The van der Waals surface area contributed by atoms with Crippen LogP contribution >= 0.6 is 0 Å². The zero-order valence-corrected chi connectivity index (χ0v) is 15.6. The van der Waals surface area contributed by atoms with Crippen LogP contribution in [0.3, 0.4) is 0 Å². The monoisotopic (exact) mass is 369 g/mol. The fourth-order valence-electron chi connectivity index (χ4n) is 4.40. The summed E-state index contributed by atoms with van der Waals surface area (Å²) in [6.07, 6.45) is 12.9. The number of carbonyl (C=O) groups excluding carboxylic acids is 1. The Hall–Kier alpha value is -2.35. The minimum Gasteiger partial charge on any atom is -0.349 e. The van der Waals surface area contributed by atoms with Crippen LogP contribution in [-0.2, 0) is 11.3 Å². The second-order valence-corrected chi connectivity index (χ2v) is 7.51. The molecule has 0 bridgehead atoms. The van der Waals surface area contributed by atoms with Gasteiger partial charge < -0.3 is 10.2 Å². The first kappa shape index (κ1) is 18.0. The van der Waals surface area contributed by atoms with Gasteiger partial charge in [-0.05, 0) is 51.1 Å². The molecule has 2 aromatic rings. The molecule has 0 aromatic carbocycles. The first-order chi connectivity index (χ1) is 13.3. The Bertz CT molecular complexity index is 746. The van der Waals surface area contributed by atoms with Crippen molar-refractivity contribution in [2.24, 2.45) is 5.92 Å². The highest BCUT2D eigenvalue weighted by Gasteiger charge is 2.32. The molecule has 2 atom stereocenters. The molecule has 0 radical (unpaired) electrons. The average molecular weight is 369 g/mol. The van der Waals surface area contributed by atoms with Crippen molar-refractivity contribution in [1.82, 2.24) is 35.4 Å². The number of aromatic nitrogens is 5. The summed E-state index contributed by atoms with van der Waals surface area (Å²) < 4.78 is 0. The highest BCUT2D eigenvalue weighted by atomic mass is 16.1. The van der Waals surface area contributed by atoms with Crippen molar-refractivity contribution < 1.29 is 4.79 Å². The van der Waals surface area contributed by atoms with E-state index in [9.17, 15) is 4.79 Å². The van der Waals surface area contributed by atoms with E-state index in [1.807, 2.05) is 0 Å². The van der Waals surface area contributed by atoms with Gasteiger partial charge in [0.2, 0.25) is 11.7 Å². The lowest BCUT2D eigenvalue weighted by atomic mass is 9.81. The minimum atomic E-state index is 0.0837. The topological polar surface area (TPSA) is 99.7 Å². The number of nitrogens with one attached hydrogen (secondary N) is 2. The van der Waals surface area contributed by atoms with Gasteiger partial charge >= 0.3 is 0 Å². The SMILES string of the molecule is O=C(CC[C@@H]1CCCN2CCCC[C@H]12)NCc1nc(-c2cnccn2)n[nH]1. The normalized spacial score (nSPS) is 23.0. The molecule has 2 fully saturated rings. The number of aromatic amines is 1. The Balaban J connectivity index is 1.24. The maximum atomic E-state index is 12.3. The zero-order valence-electron chi connectivity index (χ0n) is 15.6. The largest absolute Gasteiger partial charge is 0.349 e. The molecule has 8 nitrogen and oxygen atoms in total. The highest BCUT2D eigenvalue weighted by molar-refractivity contribution is 5.75. The van der Waals surface area contributed by atoms with Crippen LogP contribution in [-0.4, -0.2) is 55.1 Å².